The first-order valence-electron chi connectivity index (χ1n) is 15.4. The Kier molecular flexibility index (Phi) is 10.6. The number of carbonyl (C=O) groups excluding carboxylic acids is 2. The standard InChI is InChI=1S/C34H41N5O5/c1-25-8-9-28(23-32(25)39(42)43)33(40)36-29-10-11-31(38-16-12-27(13-17-38)22-26-6-3-2-4-7-26)30(24-29)34(41)35-14-5-15-37-18-20-44-21-19-37/h2-4,6-11,23-24,27H,5,12-22H2,1H3,(H,35,41)(H,36,40). The van der Waals surface area contributed by atoms with Crippen LogP contribution in [0.4, 0.5) is 17.1 Å². The lowest BCUT2D eigenvalue weighted by molar-refractivity contribution is -0.385. The van der Waals surface area contributed by atoms with Crippen LogP contribution in [0.25, 0.3) is 0 Å². The largest absolute Gasteiger partial charge is 0.379 e. The van der Waals surface area contributed by atoms with E-state index in [-0.39, 0.29) is 17.2 Å². The van der Waals surface area contributed by atoms with E-state index in [4.69, 9.17) is 4.74 Å². The molecule has 0 aliphatic carbocycles. The summed E-state index contributed by atoms with van der Waals surface area (Å²) in [6.07, 6.45) is 3.93. The number of rotatable bonds is 11. The van der Waals surface area contributed by atoms with Crippen LogP contribution in [0.3, 0.4) is 0 Å². The number of ether oxygens (including phenoxy) is 1. The molecule has 10 heteroatoms. The molecular weight excluding hydrogens is 558 g/mol. The number of aryl methyl sites for hydroxylation is 1. The van der Waals surface area contributed by atoms with Crippen molar-refractivity contribution in [1.82, 2.24) is 10.2 Å². The topological polar surface area (TPSA) is 117 Å². The number of benzene rings is 3. The van der Waals surface area contributed by atoms with Crippen molar-refractivity contribution in [3.8, 4) is 0 Å². The molecule has 2 heterocycles. The predicted molar refractivity (Wildman–Crippen MR) is 172 cm³/mol. The van der Waals surface area contributed by atoms with E-state index in [1.165, 1.54) is 11.6 Å². The van der Waals surface area contributed by atoms with Crippen molar-refractivity contribution in [3.63, 3.8) is 0 Å². The molecule has 5 rings (SSSR count). The fourth-order valence-corrected chi connectivity index (χ4v) is 5.97. The second kappa shape index (κ2) is 14.9. The molecule has 44 heavy (non-hydrogen) atoms. The Morgan fingerprint density at radius 2 is 1.70 bits per heavy atom. The summed E-state index contributed by atoms with van der Waals surface area (Å²) in [4.78, 5) is 42.1. The first-order chi connectivity index (χ1) is 21.4. The van der Waals surface area contributed by atoms with Gasteiger partial charge < -0.3 is 20.3 Å². The smallest absolute Gasteiger partial charge is 0.273 e. The van der Waals surface area contributed by atoms with E-state index in [0.717, 1.165) is 77.3 Å². The first-order valence-corrected chi connectivity index (χ1v) is 15.4. The van der Waals surface area contributed by atoms with E-state index in [9.17, 15) is 19.7 Å². The number of hydrogen-bond acceptors (Lipinski definition) is 7. The summed E-state index contributed by atoms with van der Waals surface area (Å²) in [7, 11) is 0. The van der Waals surface area contributed by atoms with Gasteiger partial charge in [-0.15, -0.1) is 0 Å². The van der Waals surface area contributed by atoms with Crippen LogP contribution in [0.1, 0.15) is 51.1 Å². The Labute approximate surface area is 258 Å². The summed E-state index contributed by atoms with van der Waals surface area (Å²) in [6, 6.07) is 20.4. The maximum absolute atomic E-state index is 13.6. The van der Waals surface area contributed by atoms with Crippen molar-refractivity contribution in [2.45, 2.75) is 32.6 Å². The van der Waals surface area contributed by atoms with Gasteiger partial charge in [-0.05, 0) is 74.9 Å². The summed E-state index contributed by atoms with van der Waals surface area (Å²) in [5.41, 5.74) is 3.71. The van der Waals surface area contributed by atoms with Gasteiger partial charge in [-0.2, -0.15) is 0 Å². The molecule has 0 spiro atoms. The number of anilines is 2. The van der Waals surface area contributed by atoms with Crippen LogP contribution < -0.4 is 15.5 Å². The zero-order valence-electron chi connectivity index (χ0n) is 25.3. The summed E-state index contributed by atoms with van der Waals surface area (Å²) in [6.45, 7) is 8.05. The van der Waals surface area contributed by atoms with Gasteiger partial charge in [0.2, 0.25) is 0 Å². The van der Waals surface area contributed by atoms with Crippen molar-refractivity contribution < 1.29 is 19.2 Å². The Bertz CT molecular complexity index is 1450. The van der Waals surface area contributed by atoms with Gasteiger partial charge in [0.25, 0.3) is 17.5 Å². The number of nitrogens with one attached hydrogen (secondary N) is 2. The van der Waals surface area contributed by atoms with Crippen LogP contribution in [0.5, 0.6) is 0 Å². The van der Waals surface area contributed by atoms with Gasteiger partial charge in [-0.1, -0.05) is 36.4 Å². The molecular formula is C34H41N5O5. The van der Waals surface area contributed by atoms with Gasteiger partial charge in [-0.25, -0.2) is 0 Å². The molecule has 0 unspecified atom stereocenters. The highest BCUT2D eigenvalue weighted by molar-refractivity contribution is 6.06. The van der Waals surface area contributed by atoms with Crippen molar-refractivity contribution in [2.75, 3.05) is 62.7 Å². The molecule has 2 saturated heterocycles. The zero-order valence-corrected chi connectivity index (χ0v) is 25.3. The average Bonchev–Trinajstić information content (AvgIpc) is 3.04. The van der Waals surface area contributed by atoms with Crippen LogP contribution in [0.2, 0.25) is 0 Å². The van der Waals surface area contributed by atoms with Crippen LogP contribution in [-0.2, 0) is 11.2 Å². The lowest BCUT2D eigenvalue weighted by Crippen LogP contribution is -2.38. The molecule has 0 saturated carbocycles. The van der Waals surface area contributed by atoms with E-state index in [1.807, 2.05) is 12.1 Å². The molecule has 0 bridgehead atoms. The predicted octanol–water partition coefficient (Wildman–Crippen LogP) is 5.07. The van der Waals surface area contributed by atoms with E-state index in [2.05, 4.69) is 44.7 Å². The van der Waals surface area contributed by atoms with Crippen LogP contribution >= 0.6 is 0 Å². The van der Waals surface area contributed by atoms with Gasteiger partial charge in [0.1, 0.15) is 0 Å². The van der Waals surface area contributed by atoms with Gasteiger partial charge in [-0.3, -0.25) is 24.6 Å². The average molecular weight is 600 g/mol. The molecule has 2 amide bonds. The monoisotopic (exact) mass is 599 g/mol. The van der Waals surface area contributed by atoms with E-state index >= 15 is 0 Å². The number of carbonyl (C=O) groups is 2. The van der Waals surface area contributed by atoms with Crippen LogP contribution in [-0.4, -0.2) is 74.1 Å². The fraction of sp³-hybridized carbons (Fsp3) is 0.412. The minimum absolute atomic E-state index is 0.110. The molecule has 2 N–H and O–H groups in total. The molecule has 2 aliphatic heterocycles. The second-order valence-electron chi connectivity index (χ2n) is 11.6. The summed E-state index contributed by atoms with van der Waals surface area (Å²) in [5.74, 6) is -0.0712. The Morgan fingerprint density at radius 3 is 2.43 bits per heavy atom. The van der Waals surface area contributed by atoms with Crippen molar-refractivity contribution >= 4 is 28.9 Å². The maximum Gasteiger partial charge on any atom is 0.273 e. The number of piperidine rings is 1. The minimum atomic E-state index is -0.495. The highest BCUT2D eigenvalue weighted by Gasteiger charge is 2.24. The van der Waals surface area contributed by atoms with Gasteiger partial charge in [0, 0.05) is 61.3 Å². The molecule has 0 atom stereocenters. The lowest BCUT2D eigenvalue weighted by atomic mass is 9.89. The highest BCUT2D eigenvalue weighted by atomic mass is 16.6. The third-order valence-electron chi connectivity index (χ3n) is 8.53. The quantitative estimate of drug-likeness (QED) is 0.180. The van der Waals surface area contributed by atoms with Crippen molar-refractivity contribution in [3.05, 3.63) is 99.1 Å². The van der Waals surface area contributed by atoms with Gasteiger partial charge >= 0.3 is 0 Å². The molecule has 0 radical (unpaired) electrons. The number of nitro benzene ring substituents is 1. The minimum Gasteiger partial charge on any atom is -0.379 e. The SMILES string of the molecule is Cc1ccc(C(=O)Nc2ccc(N3CCC(Cc4ccccc4)CC3)c(C(=O)NCCCN3CCOCC3)c2)cc1[N+](=O)[O-]. The fourth-order valence-electron chi connectivity index (χ4n) is 5.97. The van der Waals surface area contributed by atoms with Crippen LogP contribution in [0.15, 0.2) is 66.7 Å². The third kappa shape index (κ3) is 8.21. The molecule has 2 fully saturated rings. The molecule has 3 aromatic rings. The second-order valence-corrected chi connectivity index (χ2v) is 11.6. The highest BCUT2D eigenvalue weighted by Crippen LogP contribution is 2.30. The summed E-state index contributed by atoms with van der Waals surface area (Å²) >= 11 is 0. The van der Waals surface area contributed by atoms with Gasteiger partial charge in [0.15, 0.2) is 0 Å². The first kappa shape index (κ1) is 31.2. The van der Waals surface area contributed by atoms with Gasteiger partial charge in [0.05, 0.1) is 23.7 Å². The van der Waals surface area contributed by atoms with E-state index in [1.54, 1.807) is 31.2 Å². The normalized spacial score (nSPS) is 16.0. The van der Waals surface area contributed by atoms with Crippen molar-refractivity contribution in [2.24, 2.45) is 5.92 Å². The van der Waals surface area contributed by atoms with E-state index < -0.39 is 10.8 Å². The molecule has 10 nitrogen and oxygen atoms in total. The number of nitrogens with zero attached hydrogens (tertiary/aromatic N) is 3. The van der Waals surface area contributed by atoms with Crippen molar-refractivity contribution in [1.29, 1.82) is 0 Å². The van der Waals surface area contributed by atoms with E-state index in [0.29, 0.717) is 29.3 Å². The molecule has 3 aromatic carbocycles. The Balaban J connectivity index is 1.28. The number of amides is 2. The number of hydrogen-bond donors (Lipinski definition) is 2. The maximum atomic E-state index is 13.6. The lowest BCUT2D eigenvalue weighted by Gasteiger charge is -2.35. The Hall–Kier alpha value is -4.28. The molecule has 232 valence electrons. The molecule has 0 aromatic heterocycles. The number of morpholine rings is 1. The third-order valence-corrected chi connectivity index (χ3v) is 8.53. The van der Waals surface area contributed by atoms with Crippen LogP contribution in [0, 0.1) is 23.0 Å². The summed E-state index contributed by atoms with van der Waals surface area (Å²) < 4.78 is 5.42. The number of nitro groups is 1. The molecule has 2 aliphatic rings. The zero-order chi connectivity index (χ0) is 30.9. The summed E-state index contributed by atoms with van der Waals surface area (Å²) in [5, 5.41) is 17.3. The Morgan fingerprint density at radius 1 is 0.955 bits per heavy atom.